The molecule has 3 N–H and O–H groups in total. The van der Waals surface area contributed by atoms with Gasteiger partial charge in [-0.2, -0.15) is 0 Å². The number of pyridine rings is 1. The summed E-state index contributed by atoms with van der Waals surface area (Å²) in [5.74, 6) is 0.307. The lowest BCUT2D eigenvalue weighted by Crippen LogP contribution is -2.49. The van der Waals surface area contributed by atoms with Crippen molar-refractivity contribution in [1.82, 2.24) is 15.6 Å². The first kappa shape index (κ1) is 17.6. The third-order valence-electron chi connectivity index (χ3n) is 4.37. The van der Waals surface area contributed by atoms with Crippen molar-refractivity contribution in [2.75, 3.05) is 13.2 Å². The fourth-order valence-electron chi connectivity index (χ4n) is 2.71. The molecule has 1 aromatic heterocycles. The van der Waals surface area contributed by atoms with Gasteiger partial charge in [0.05, 0.1) is 25.2 Å². The number of nitrogens with one attached hydrogen (secondary N) is 2. The van der Waals surface area contributed by atoms with Gasteiger partial charge >= 0.3 is 0 Å². The summed E-state index contributed by atoms with van der Waals surface area (Å²) in [5, 5.41) is 15.3. The third kappa shape index (κ3) is 5.11. The number of aromatic nitrogens is 1. The van der Waals surface area contributed by atoms with Crippen molar-refractivity contribution in [1.29, 1.82) is 0 Å². The van der Waals surface area contributed by atoms with Crippen LogP contribution in [0.25, 0.3) is 0 Å². The van der Waals surface area contributed by atoms with Gasteiger partial charge in [-0.1, -0.05) is 12.2 Å². The molecule has 3 atom stereocenters. The van der Waals surface area contributed by atoms with Gasteiger partial charge in [-0.25, -0.2) is 0 Å². The molecule has 2 amide bonds. The van der Waals surface area contributed by atoms with Gasteiger partial charge in [0.15, 0.2) is 0 Å². The summed E-state index contributed by atoms with van der Waals surface area (Å²) in [6, 6.07) is 2.78. The first-order valence-corrected chi connectivity index (χ1v) is 8.58. The van der Waals surface area contributed by atoms with Crippen LogP contribution in [-0.2, 0) is 9.53 Å². The Bertz CT molecular complexity index is 630. The zero-order valence-corrected chi connectivity index (χ0v) is 13.9. The van der Waals surface area contributed by atoms with Gasteiger partial charge in [0, 0.05) is 24.5 Å². The molecule has 0 bridgehead atoms. The average Bonchev–Trinajstić information content (AvgIpc) is 3.46. The Labute approximate surface area is 146 Å². The molecule has 0 aromatic carbocycles. The molecule has 1 saturated carbocycles. The second-order valence-corrected chi connectivity index (χ2v) is 6.47. The molecule has 1 aromatic rings. The van der Waals surface area contributed by atoms with Crippen molar-refractivity contribution in [3.05, 3.63) is 42.2 Å². The highest BCUT2D eigenvalue weighted by molar-refractivity contribution is 5.94. The highest BCUT2D eigenvalue weighted by Gasteiger charge is 2.29. The Balaban J connectivity index is 1.53. The van der Waals surface area contributed by atoms with E-state index in [1.165, 1.54) is 12.8 Å². The van der Waals surface area contributed by atoms with E-state index < -0.39 is 18.2 Å². The summed E-state index contributed by atoms with van der Waals surface area (Å²) in [4.78, 5) is 28.0. The quantitative estimate of drug-likeness (QED) is 0.622. The molecule has 134 valence electrons. The minimum absolute atomic E-state index is 0.0579. The standard InChI is InChI=1S/C18H23N3O4/c22-11-16-15(21-18(24)13-5-7-19-8-6-13)4-3-14(25-16)9-17(23)20-10-12-1-2-12/h3-8,12,14-16,22H,1-2,9-11H2,(H,20,23)(H,21,24)/t14-,15+,16-/m0/s1. The Hall–Kier alpha value is -2.25. The molecular formula is C18H23N3O4. The van der Waals surface area contributed by atoms with Crippen LogP contribution >= 0.6 is 0 Å². The Morgan fingerprint density at radius 1 is 1.24 bits per heavy atom. The second kappa shape index (κ2) is 8.22. The van der Waals surface area contributed by atoms with Gasteiger partial charge in [0.25, 0.3) is 5.91 Å². The molecule has 3 rings (SSSR count). The fraction of sp³-hybridized carbons (Fsp3) is 0.500. The van der Waals surface area contributed by atoms with Gasteiger partial charge in [0.1, 0.15) is 6.10 Å². The number of rotatable bonds is 7. The molecule has 1 aliphatic carbocycles. The van der Waals surface area contributed by atoms with E-state index in [1.807, 2.05) is 0 Å². The van der Waals surface area contributed by atoms with Gasteiger partial charge in [-0.15, -0.1) is 0 Å². The number of carbonyl (C=O) groups excluding carboxylic acids is 2. The first-order valence-electron chi connectivity index (χ1n) is 8.58. The topological polar surface area (TPSA) is 101 Å². The van der Waals surface area contributed by atoms with Crippen LogP contribution in [0.2, 0.25) is 0 Å². The van der Waals surface area contributed by atoms with Crippen LogP contribution in [0.5, 0.6) is 0 Å². The van der Waals surface area contributed by atoms with Gasteiger partial charge in [-0.3, -0.25) is 14.6 Å². The van der Waals surface area contributed by atoms with Crippen molar-refractivity contribution in [3.63, 3.8) is 0 Å². The lowest BCUT2D eigenvalue weighted by atomic mass is 10.0. The van der Waals surface area contributed by atoms with E-state index in [4.69, 9.17) is 4.74 Å². The Kier molecular flexibility index (Phi) is 5.78. The fourth-order valence-corrected chi connectivity index (χ4v) is 2.71. The number of aliphatic hydroxyl groups excluding tert-OH is 1. The number of aliphatic hydroxyl groups is 1. The smallest absolute Gasteiger partial charge is 0.251 e. The average molecular weight is 345 g/mol. The molecule has 0 spiro atoms. The number of nitrogens with zero attached hydrogens (tertiary/aromatic N) is 1. The van der Waals surface area contributed by atoms with Crippen molar-refractivity contribution >= 4 is 11.8 Å². The summed E-state index contributed by atoms with van der Waals surface area (Å²) < 4.78 is 5.75. The maximum absolute atomic E-state index is 12.2. The van der Waals surface area contributed by atoms with Crippen LogP contribution in [0.4, 0.5) is 0 Å². The van der Waals surface area contributed by atoms with E-state index in [1.54, 1.807) is 36.7 Å². The van der Waals surface area contributed by atoms with E-state index in [0.717, 1.165) is 6.54 Å². The van der Waals surface area contributed by atoms with Crippen LogP contribution in [0.15, 0.2) is 36.7 Å². The minimum atomic E-state index is -0.586. The SMILES string of the molecule is O=C(C[C@@H]1C=C[C@@H](NC(=O)c2ccncc2)[C@H](CO)O1)NCC1CC1. The molecule has 0 radical (unpaired) electrons. The predicted molar refractivity (Wildman–Crippen MR) is 90.7 cm³/mol. The molecule has 0 saturated heterocycles. The van der Waals surface area contributed by atoms with E-state index in [2.05, 4.69) is 15.6 Å². The van der Waals surface area contributed by atoms with Crippen molar-refractivity contribution < 1.29 is 19.4 Å². The normalized spacial score (nSPS) is 25.4. The van der Waals surface area contributed by atoms with E-state index >= 15 is 0 Å². The second-order valence-electron chi connectivity index (χ2n) is 6.47. The third-order valence-corrected chi connectivity index (χ3v) is 4.37. The largest absolute Gasteiger partial charge is 0.394 e. The van der Waals surface area contributed by atoms with Gasteiger partial charge in [-0.05, 0) is 30.9 Å². The lowest BCUT2D eigenvalue weighted by Gasteiger charge is -2.31. The van der Waals surface area contributed by atoms with Crippen molar-refractivity contribution in [2.24, 2.45) is 5.92 Å². The highest BCUT2D eigenvalue weighted by Crippen LogP contribution is 2.27. The summed E-state index contributed by atoms with van der Waals surface area (Å²) in [6.45, 7) is 0.481. The molecule has 2 heterocycles. The summed E-state index contributed by atoms with van der Waals surface area (Å²) in [7, 11) is 0. The Morgan fingerprint density at radius 3 is 2.68 bits per heavy atom. The number of carbonyl (C=O) groups is 2. The maximum Gasteiger partial charge on any atom is 0.251 e. The monoisotopic (exact) mass is 345 g/mol. The molecule has 2 aliphatic rings. The first-order chi connectivity index (χ1) is 12.2. The van der Waals surface area contributed by atoms with Crippen LogP contribution < -0.4 is 10.6 Å². The molecule has 7 heteroatoms. The van der Waals surface area contributed by atoms with Crippen molar-refractivity contribution in [3.8, 4) is 0 Å². The minimum Gasteiger partial charge on any atom is -0.394 e. The Morgan fingerprint density at radius 2 is 2.00 bits per heavy atom. The van der Waals surface area contributed by atoms with E-state index in [9.17, 15) is 14.7 Å². The molecule has 1 fully saturated rings. The van der Waals surface area contributed by atoms with Crippen molar-refractivity contribution in [2.45, 2.75) is 37.5 Å². The van der Waals surface area contributed by atoms with Crippen LogP contribution in [-0.4, -0.2) is 53.3 Å². The number of hydrogen-bond acceptors (Lipinski definition) is 5. The summed E-state index contributed by atoms with van der Waals surface area (Å²) in [6.07, 6.45) is 8.23. The molecule has 25 heavy (non-hydrogen) atoms. The number of amides is 2. The predicted octanol–water partition coefficient (Wildman–Crippen LogP) is 0.412. The van der Waals surface area contributed by atoms with Gasteiger partial charge < -0.3 is 20.5 Å². The zero-order valence-electron chi connectivity index (χ0n) is 13.9. The molecular weight excluding hydrogens is 322 g/mol. The number of hydrogen-bond donors (Lipinski definition) is 3. The maximum atomic E-state index is 12.2. The molecule has 1 aliphatic heterocycles. The lowest BCUT2D eigenvalue weighted by molar-refractivity contribution is -0.125. The van der Waals surface area contributed by atoms with Crippen LogP contribution in [0.3, 0.4) is 0 Å². The van der Waals surface area contributed by atoms with Crippen LogP contribution in [0, 0.1) is 5.92 Å². The summed E-state index contributed by atoms with van der Waals surface area (Å²) in [5.41, 5.74) is 0.488. The van der Waals surface area contributed by atoms with E-state index in [-0.39, 0.29) is 24.8 Å². The summed E-state index contributed by atoms with van der Waals surface area (Å²) >= 11 is 0. The van der Waals surface area contributed by atoms with Crippen LogP contribution in [0.1, 0.15) is 29.6 Å². The zero-order chi connectivity index (χ0) is 17.6. The molecule has 7 nitrogen and oxygen atoms in total. The molecule has 0 unspecified atom stereocenters. The highest BCUT2D eigenvalue weighted by atomic mass is 16.5. The van der Waals surface area contributed by atoms with Gasteiger partial charge in [0.2, 0.25) is 5.91 Å². The number of ether oxygens (including phenoxy) is 1. The van der Waals surface area contributed by atoms with E-state index in [0.29, 0.717) is 11.5 Å².